The van der Waals surface area contributed by atoms with Gasteiger partial charge in [-0.25, -0.2) is 0 Å². The molecule has 0 aromatic heterocycles. The quantitative estimate of drug-likeness (QED) is 0.443. The van der Waals surface area contributed by atoms with E-state index in [1.807, 2.05) is 0 Å². The first-order valence-electron chi connectivity index (χ1n) is 12.4. The third-order valence-corrected chi connectivity index (χ3v) is 7.36. The molecule has 36 heavy (non-hydrogen) atoms. The summed E-state index contributed by atoms with van der Waals surface area (Å²) in [7, 11) is 0. The van der Waals surface area contributed by atoms with Gasteiger partial charge in [0.25, 0.3) is 0 Å². The van der Waals surface area contributed by atoms with Crippen molar-refractivity contribution in [3.63, 3.8) is 0 Å². The summed E-state index contributed by atoms with van der Waals surface area (Å²) in [6, 6.07) is 3.49. The van der Waals surface area contributed by atoms with Crippen molar-refractivity contribution in [1.29, 1.82) is 0 Å². The van der Waals surface area contributed by atoms with E-state index in [-0.39, 0.29) is 296 Å². The van der Waals surface area contributed by atoms with Crippen LogP contribution in [0.4, 0.5) is 0 Å². The number of nitrogens with one attached hydrogen (secondary N) is 2. The second-order valence-corrected chi connectivity index (χ2v) is 9.67. The summed E-state index contributed by atoms with van der Waals surface area (Å²) in [5, 5.41) is 7.72. The maximum absolute atomic E-state index is 3.86. The minimum atomic E-state index is 0. The molecule has 2 nitrogen and oxygen atoms in total. The molecule has 0 aromatic rings. The molecule has 0 atom stereocenters. The van der Waals surface area contributed by atoms with E-state index in [1.165, 1.54) is 128 Å². The second kappa shape index (κ2) is 44.9. The van der Waals surface area contributed by atoms with Crippen LogP contribution in [0, 0.1) is 0 Å². The SMILES string of the molecule is C1CCC(NC2CCCCC2)CC1.C1CCC(NC2CCCCC2)CC1.[NaH].[NaH].[NaH].[NaH].[NaH].[NaH].[NaH].[NaH].[NaH].[NaH]. The average molecular weight is 603 g/mol. The Balaban J connectivity index is -0.0000000568. The zero-order chi connectivity index (χ0) is 17.9. The van der Waals surface area contributed by atoms with Crippen molar-refractivity contribution in [2.45, 2.75) is 153 Å². The molecule has 0 spiro atoms. The minimum absolute atomic E-state index is 0. The summed E-state index contributed by atoms with van der Waals surface area (Å²) >= 11 is 0. The van der Waals surface area contributed by atoms with Crippen LogP contribution in [-0.2, 0) is 0 Å². The first kappa shape index (κ1) is 64.4. The molecule has 4 aliphatic carbocycles. The van der Waals surface area contributed by atoms with Crippen LogP contribution in [0.5, 0.6) is 0 Å². The molecule has 0 radical (unpaired) electrons. The molecule has 0 aromatic carbocycles. The van der Waals surface area contributed by atoms with Crippen LogP contribution in [0.2, 0.25) is 0 Å². The molecular formula is C24H56N2Na10. The summed E-state index contributed by atoms with van der Waals surface area (Å²) in [5.41, 5.74) is 0. The van der Waals surface area contributed by atoms with Crippen molar-refractivity contribution in [2.75, 3.05) is 0 Å². The standard InChI is InChI=1S/2C12H23N.10Na.10H/c2*1-3-7-11(8-4-1)13-12-9-5-2-6-10-12;;;;;;;;;;;;;;;;;;;;/h2*11-13H,1-10H2;;;;;;;;;;;;;;;;;;;;. The zero-order valence-corrected chi connectivity index (χ0v) is 17.5. The molecule has 0 aliphatic heterocycles. The van der Waals surface area contributed by atoms with Gasteiger partial charge < -0.3 is 10.6 Å². The Hall–Kier alpha value is 9.92. The Morgan fingerprint density at radius 3 is 0.500 bits per heavy atom. The molecule has 12 heteroatoms. The predicted octanol–water partition coefficient (Wildman–Crippen LogP) is -0.00220. The molecule has 2 N–H and O–H groups in total. The van der Waals surface area contributed by atoms with E-state index in [0.29, 0.717) is 0 Å². The summed E-state index contributed by atoms with van der Waals surface area (Å²) in [5.74, 6) is 0. The Labute approximate surface area is 447 Å². The number of hydrogen-bond donors (Lipinski definition) is 2. The van der Waals surface area contributed by atoms with Crippen LogP contribution in [0.25, 0.3) is 0 Å². The molecule has 0 saturated heterocycles. The topological polar surface area (TPSA) is 24.1 Å². The first-order chi connectivity index (χ1) is 12.9. The van der Waals surface area contributed by atoms with Gasteiger partial charge in [-0.3, -0.25) is 0 Å². The van der Waals surface area contributed by atoms with Gasteiger partial charge in [-0.15, -0.1) is 0 Å². The molecule has 4 saturated carbocycles. The van der Waals surface area contributed by atoms with Crippen molar-refractivity contribution in [3.8, 4) is 0 Å². The monoisotopic (exact) mass is 602 g/mol. The summed E-state index contributed by atoms with van der Waals surface area (Å²) < 4.78 is 0. The summed E-state index contributed by atoms with van der Waals surface area (Å²) in [6.45, 7) is 0. The van der Waals surface area contributed by atoms with Crippen molar-refractivity contribution in [2.24, 2.45) is 0 Å². The van der Waals surface area contributed by atoms with Gasteiger partial charge >= 0.3 is 296 Å². The maximum atomic E-state index is 3.86. The van der Waals surface area contributed by atoms with Crippen LogP contribution in [0.1, 0.15) is 128 Å². The van der Waals surface area contributed by atoms with E-state index in [2.05, 4.69) is 10.6 Å². The van der Waals surface area contributed by atoms with E-state index < -0.39 is 0 Å². The van der Waals surface area contributed by atoms with E-state index in [4.69, 9.17) is 0 Å². The van der Waals surface area contributed by atoms with Gasteiger partial charge in [0.1, 0.15) is 0 Å². The van der Waals surface area contributed by atoms with Crippen LogP contribution in [0.15, 0.2) is 0 Å². The summed E-state index contributed by atoms with van der Waals surface area (Å²) in [4.78, 5) is 0. The van der Waals surface area contributed by atoms with Gasteiger partial charge in [0.15, 0.2) is 0 Å². The third-order valence-electron chi connectivity index (χ3n) is 7.36. The summed E-state index contributed by atoms with van der Waals surface area (Å²) in [6.07, 6.45) is 29.1. The predicted molar refractivity (Wildman–Crippen MR) is 185 cm³/mol. The van der Waals surface area contributed by atoms with E-state index in [9.17, 15) is 0 Å². The molecule has 0 bridgehead atoms. The van der Waals surface area contributed by atoms with Gasteiger partial charge in [-0.2, -0.15) is 0 Å². The van der Waals surface area contributed by atoms with Crippen LogP contribution in [0.3, 0.4) is 0 Å². The number of rotatable bonds is 4. The van der Waals surface area contributed by atoms with E-state index in [1.54, 1.807) is 0 Å². The molecule has 0 amide bonds. The van der Waals surface area contributed by atoms with Gasteiger partial charge in [0.05, 0.1) is 0 Å². The fourth-order valence-electron chi connectivity index (χ4n) is 5.74. The first-order valence-corrected chi connectivity index (χ1v) is 12.4. The van der Waals surface area contributed by atoms with Crippen molar-refractivity contribution in [1.82, 2.24) is 10.6 Å². The Morgan fingerprint density at radius 1 is 0.222 bits per heavy atom. The second-order valence-electron chi connectivity index (χ2n) is 9.67. The fraction of sp³-hybridized carbons (Fsp3) is 1.00. The van der Waals surface area contributed by atoms with E-state index >= 15 is 0 Å². The molecule has 4 fully saturated rings. The molecular weight excluding hydrogens is 546 g/mol. The van der Waals surface area contributed by atoms with Gasteiger partial charge in [0.2, 0.25) is 0 Å². The molecule has 4 aliphatic rings. The van der Waals surface area contributed by atoms with Crippen molar-refractivity contribution in [3.05, 3.63) is 0 Å². The molecule has 4 rings (SSSR count). The van der Waals surface area contributed by atoms with E-state index in [0.717, 1.165) is 24.2 Å². The molecule has 172 valence electrons. The normalized spacial score (nSPS) is 20.0. The van der Waals surface area contributed by atoms with Gasteiger partial charge in [-0.1, -0.05) is 77.0 Å². The Kier molecular flexibility index (Phi) is 80.4. The van der Waals surface area contributed by atoms with Crippen molar-refractivity contribution >= 4 is 296 Å². The Morgan fingerprint density at radius 2 is 0.361 bits per heavy atom. The van der Waals surface area contributed by atoms with Crippen molar-refractivity contribution < 1.29 is 0 Å². The van der Waals surface area contributed by atoms with Gasteiger partial charge in [-0.05, 0) is 51.4 Å². The van der Waals surface area contributed by atoms with Gasteiger partial charge in [0, 0.05) is 24.2 Å². The van der Waals surface area contributed by atoms with Crippen LogP contribution in [-0.4, -0.2) is 320 Å². The van der Waals surface area contributed by atoms with Crippen LogP contribution < -0.4 is 10.6 Å². The molecule has 0 unspecified atom stereocenters. The third kappa shape index (κ3) is 32.5. The number of hydrogen-bond acceptors (Lipinski definition) is 2. The Bertz CT molecular complexity index is 297. The molecule has 0 heterocycles. The zero-order valence-electron chi connectivity index (χ0n) is 17.5. The average Bonchev–Trinajstić information content (AvgIpc) is 2.72. The fourth-order valence-corrected chi connectivity index (χ4v) is 5.74. The van der Waals surface area contributed by atoms with Crippen LogP contribution >= 0.6 is 0 Å².